The van der Waals surface area contributed by atoms with Crippen molar-refractivity contribution in [1.82, 2.24) is 10.9 Å². The number of rotatable bonds is 0. The molecule has 0 spiro atoms. The van der Waals surface area contributed by atoms with Gasteiger partial charge in [0.05, 0.1) is 0 Å². The van der Waals surface area contributed by atoms with Gasteiger partial charge in [0.15, 0.2) is 0 Å². The molecule has 2 aromatic carbocycles. The third-order valence-electron chi connectivity index (χ3n) is 2.46. The van der Waals surface area contributed by atoms with Crippen LogP contribution in [-0.2, 0) is 4.79 Å². The van der Waals surface area contributed by atoms with Gasteiger partial charge in [0.25, 0.3) is 5.91 Å². The van der Waals surface area contributed by atoms with Crippen LogP contribution in [0, 0.1) is 0 Å². The van der Waals surface area contributed by atoms with Crippen LogP contribution in [0.25, 0.3) is 10.8 Å². The molecule has 1 fully saturated rings. The topological polar surface area (TPSA) is 41.1 Å². The molecule has 0 saturated carbocycles. The normalized spacial score (nSPS) is 18.1. The van der Waals surface area contributed by atoms with Gasteiger partial charge in [-0.3, -0.25) is 10.2 Å². The number of carbonyl (C=O) groups is 1. The molecular formula is C13H14N2O. The minimum Gasteiger partial charge on any atom is -0.289 e. The quantitative estimate of drug-likeness (QED) is 0.702. The lowest BCUT2D eigenvalue weighted by Gasteiger charge is -2.22. The van der Waals surface area contributed by atoms with E-state index in [4.69, 9.17) is 0 Å². The Hall–Kier alpha value is -1.87. The van der Waals surface area contributed by atoms with Crippen molar-refractivity contribution in [2.45, 2.75) is 13.0 Å². The van der Waals surface area contributed by atoms with E-state index in [0.717, 1.165) is 0 Å². The van der Waals surface area contributed by atoms with Crippen LogP contribution < -0.4 is 10.9 Å². The highest BCUT2D eigenvalue weighted by Crippen LogP contribution is 2.11. The first-order valence-electron chi connectivity index (χ1n) is 5.26. The van der Waals surface area contributed by atoms with Gasteiger partial charge in [-0.15, -0.1) is 0 Å². The second-order valence-corrected chi connectivity index (χ2v) is 3.70. The molecule has 3 heteroatoms. The highest BCUT2D eigenvalue weighted by Gasteiger charge is 2.20. The second kappa shape index (κ2) is 4.77. The van der Waals surface area contributed by atoms with Gasteiger partial charge in [0.2, 0.25) is 0 Å². The number of benzene rings is 2. The molecular weight excluding hydrogens is 200 g/mol. The fraction of sp³-hybridized carbons (Fsp3) is 0.154. The molecule has 3 rings (SSSR count). The third kappa shape index (κ3) is 2.38. The summed E-state index contributed by atoms with van der Waals surface area (Å²) in [6.07, 6.45) is 0. The molecule has 1 amide bonds. The minimum absolute atomic E-state index is 0.0324. The predicted molar refractivity (Wildman–Crippen MR) is 64.7 cm³/mol. The highest BCUT2D eigenvalue weighted by atomic mass is 16.2. The van der Waals surface area contributed by atoms with Gasteiger partial charge < -0.3 is 0 Å². The average Bonchev–Trinajstić information content (AvgIpc) is 2.37. The zero-order valence-corrected chi connectivity index (χ0v) is 9.10. The van der Waals surface area contributed by atoms with E-state index in [2.05, 4.69) is 59.4 Å². The Morgan fingerprint density at radius 3 is 1.50 bits per heavy atom. The minimum atomic E-state index is 0.0324. The van der Waals surface area contributed by atoms with Crippen molar-refractivity contribution in [2.75, 3.05) is 0 Å². The maximum absolute atomic E-state index is 10.1. The van der Waals surface area contributed by atoms with Crippen molar-refractivity contribution in [3.63, 3.8) is 0 Å². The molecule has 2 N–H and O–H groups in total. The van der Waals surface area contributed by atoms with Gasteiger partial charge in [0.1, 0.15) is 6.04 Å². The summed E-state index contributed by atoms with van der Waals surface area (Å²) in [5, 5.41) is 2.62. The SMILES string of the molecule is CC1NNC1=O.c1ccc2ccccc2c1. The van der Waals surface area contributed by atoms with Gasteiger partial charge in [-0.2, -0.15) is 0 Å². The fourth-order valence-corrected chi connectivity index (χ4v) is 1.41. The number of hydrazine groups is 1. The lowest BCUT2D eigenvalue weighted by molar-refractivity contribution is -0.131. The first-order chi connectivity index (χ1) is 7.77. The number of fused-ring (bicyclic) bond motifs is 1. The number of amides is 1. The van der Waals surface area contributed by atoms with Crippen LogP contribution in [0.4, 0.5) is 0 Å². The number of nitrogens with one attached hydrogen (secondary N) is 2. The summed E-state index contributed by atoms with van der Waals surface area (Å²) in [5.74, 6) is 0.0787. The molecule has 0 aliphatic carbocycles. The summed E-state index contributed by atoms with van der Waals surface area (Å²) in [7, 11) is 0. The van der Waals surface area contributed by atoms with Crippen molar-refractivity contribution in [1.29, 1.82) is 0 Å². The van der Waals surface area contributed by atoms with Crippen LogP contribution in [0.3, 0.4) is 0 Å². The summed E-state index contributed by atoms with van der Waals surface area (Å²) in [6, 6.07) is 16.7. The molecule has 1 unspecified atom stereocenters. The molecule has 3 nitrogen and oxygen atoms in total. The molecule has 82 valence electrons. The number of carbonyl (C=O) groups excluding carboxylic acids is 1. The van der Waals surface area contributed by atoms with Gasteiger partial charge in [-0.25, -0.2) is 5.43 Å². The van der Waals surface area contributed by atoms with Crippen LogP contribution in [-0.4, -0.2) is 11.9 Å². The average molecular weight is 214 g/mol. The van der Waals surface area contributed by atoms with Crippen LogP contribution in [0.2, 0.25) is 0 Å². The largest absolute Gasteiger partial charge is 0.289 e. The highest BCUT2D eigenvalue weighted by molar-refractivity contribution is 5.85. The Balaban J connectivity index is 0.000000138. The Bertz CT molecular complexity index is 431. The number of hydrogen-bond acceptors (Lipinski definition) is 2. The van der Waals surface area contributed by atoms with Crippen molar-refractivity contribution in [3.8, 4) is 0 Å². The van der Waals surface area contributed by atoms with Crippen LogP contribution >= 0.6 is 0 Å². The molecule has 1 aliphatic heterocycles. The predicted octanol–water partition coefficient (Wildman–Crippen LogP) is 1.85. The van der Waals surface area contributed by atoms with Gasteiger partial charge >= 0.3 is 0 Å². The van der Waals surface area contributed by atoms with E-state index in [1.54, 1.807) is 6.92 Å². The van der Waals surface area contributed by atoms with Gasteiger partial charge in [-0.1, -0.05) is 48.5 Å². The Morgan fingerprint density at radius 2 is 1.31 bits per heavy atom. The molecule has 1 heterocycles. The third-order valence-corrected chi connectivity index (χ3v) is 2.46. The van der Waals surface area contributed by atoms with Crippen molar-refractivity contribution in [3.05, 3.63) is 48.5 Å². The van der Waals surface area contributed by atoms with Crippen molar-refractivity contribution >= 4 is 16.7 Å². The van der Waals surface area contributed by atoms with Crippen molar-refractivity contribution < 1.29 is 4.79 Å². The lowest BCUT2D eigenvalue weighted by Crippen LogP contribution is -2.62. The second-order valence-electron chi connectivity index (χ2n) is 3.70. The summed E-state index contributed by atoms with van der Waals surface area (Å²) in [5.41, 5.74) is 5.03. The molecule has 2 aromatic rings. The zero-order chi connectivity index (χ0) is 11.4. The Morgan fingerprint density at radius 1 is 0.938 bits per heavy atom. The first-order valence-corrected chi connectivity index (χ1v) is 5.26. The molecule has 1 aliphatic rings. The van der Waals surface area contributed by atoms with E-state index in [1.807, 2.05) is 0 Å². The molecule has 0 radical (unpaired) electrons. The maximum atomic E-state index is 10.1. The Kier molecular flexibility index (Phi) is 3.17. The van der Waals surface area contributed by atoms with Gasteiger partial charge in [0, 0.05) is 0 Å². The standard InChI is InChI=1S/C10H8.C3H6N2O/c1-2-6-10-8-4-3-7-9(10)5-1;1-2-3(6)5-4-2/h1-8H;2,4H,1H3,(H,5,6). The molecule has 0 bridgehead atoms. The van der Waals surface area contributed by atoms with Crippen LogP contribution in [0.5, 0.6) is 0 Å². The van der Waals surface area contributed by atoms with Crippen LogP contribution in [0.1, 0.15) is 6.92 Å². The lowest BCUT2D eigenvalue weighted by atomic mass is 10.1. The van der Waals surface area contributed by atoms with E-state index >= 15 is 0 Å². The summed E-state index contributed by atoms with van der Waals surface area (Å²) < 4.78 is 0. The van der Waals surface area contributed by atoms with E-state index in [0.29, 0.717) is 0 Å². The monoisotopic (exact) mass is 214 g/mol. The van der Waals surface area contributed by atoms with Gasteiger partial charge in [-0.05, 0) is 17.7 Å². The van der Waals surface area contributed by atoms with E-state index in [9.17, 15) is 4.79 Å². The van der Waals surface area contributed by atoms with Crippen LogP contribution in [0.15, 0.2) is 48.5 Å². The smallest absolute Gasteiger partial charge is 0.252 e. The first kappa shape index (κ1) is 10.6. The fourth-order valence-electron chi connectivity index (χ4n) is 1.41. The summed E-state index contributed by atoms with van der Waals surface area (Å²) in [6.45, 7) is 1.80. The summed E-state index contributed by atoms with van der Waals surface area (Å²) in [4.78, 5) is 10.1. The summed E-state index contributed by atoms with van der Waals surface area (Å²) >= 11 is 0. The zero-order valence-electron chi connectivity index (χ0n) is 9.10. The van der Waals surface area contributed by atoms with E-state index in [-0.39, 0.29) is 11.9 Å². The number of hydrogen-bond donors (Lipinski definition) is 2. The Labute approximate surface area is 94.4 Å². The molecule has 16 heavy (non-hydrogen) atoms. The van der Waals surface area contributed by atoms with E-state index in [1.165, 1.54) is 10.8 Å². The van der Waals surface area contributed by atoms with Crippen molar-refractivity contribution in [2.24, 2.45) is 0 Å². The molecule has 0 aromatic heterocycles. The maximum Gasteiger partial charge on any atom is 0.252 e. The molecule has 1 atom stereocenters. The van der Waals surface area contributed by atoms with E-state index < -0.39 is 0 Å². The molecule has 1 saturated heterocycles.